The van der Waals surface area contributed by atoms with Gasteiger partial charge in [0.05, 0.1) is 26.7 Å². The topological polar surface area (TPSA) is 172 Å². The molecule has 0 amide bonds. The standard InChI is InChI=1S/C20H12N4O7/c25-15-5-1-3-11-17(15)20(27)18-12(4-2-6-16(18)26)19(11)22-21-13-8-7-10(23(28)29)9-14(13)24(30)31/h1-9,25-27H. The van der Waals surface area contributed by atoms with E-state index in [1.54, 1.807) is 12.1 Å². The molecule has 0 unspecified atom stereocenters. The van der Waals surface area contributed by atoms with E-state index in [2.05, 4.69) is 10.2 Å². The van der Waals surface area contributed by atoms with E-state index in [0.717, 1.165) is 18.2 Å². The molecule has 11 heteroatoms. The van der Waals surface area contributed by atoms with Crippen molar-refractivity contribution in [2.24, 2.45) is 10.2 Å². The van der Waals surface area contributed by atoms with Gasteiger partial charge in [-0.15, -0.1) is 10.2 Å². The highest BCUT2D eigenvalue weighted by Gasteiger charge is 2.21. The number of phenolic OH excluding ortho intramolecular Hbond substituents is 3. The summed E-state index contributed by atoms with van der Waals surface area (Å²) in [5.41, 5.74) is -1.19. The van der Waals surface area contributed by atoms with Gasteiger partial charge in [0.25, 0.3) is 5.69 Å². The Morgan fingerprint density at radius 1 is 0.742 bits per heavy atom. The fourth-order valence-electron chi connectivity index (χ4n) is 3.31. The molecule has 4 aromatic rings. The highest BCUT2D eigenvalue weighted by Crippen LogP contribution is 2.48. The van der Waals surface area contributed by atoms with E-state index in [9.17, 15) is 35.5 Å². The Bertz CT molecular complexity index is 1370. The van der Waals surface area contributed by atoms with Crippen LogP contribution in [0.1, 0.15) is 0 Å². The third kappa shape index (κ3) is 3.19. The number of fused-ring (bicyclic) bond motifs is 2. The fraction of sp³-hybridized carbons (Fsp3) is 0. The van der Waals surface area contributed by atoms with Gasteiger partial charge in [-0.25, -0.2) is 0 Å². The number of phenols is 3. The van der Waals surface area contributed by atoms with Crippen molar-refractivity contribution in [3.05, 3.63) is 74.8 Å². The van der Waals surface area contributed by atoms with Crippen molar-refractivity contribution in [3.8, 4) is 17.2 Å². The zero-order valence-corrected chi connectivity index (χ0v) is 15.5. The Morgan fingerprint density at radius 3 is 1.84 bits per heavy atom. The summed E-state index contributed by atoms with van der Waals surface area (Å²) in [7, 11) is 0. The minimum Gasteiger partial charge on any atom is -0.507 e. The predicted octanol–water partition coefficient (Wildman–Crippen LogP) is 5.34. The number of benzene rings is 4. The number of nitrogens with zero attached hydrogens (tertiary/aromatic N) is 4. The molecule has 0 bridgehead atoms. The van der Waals surface area contributed by atoms with E-state index in [0.29, 0.717) is 0 Å². The molecule has 0 atom stereocenters. The largest absolute Gasteiger partial charge is 0.507 e. The molecule has 3 N–H and O–H groups in total. The average Bonchev–Trinajstić information content (AvgIpc) is 2.73. The number of hydrogen-bond donors (Lipinski definition) is 3. The maximum Gasteiger partial charge on any atom is 0.303 e. The summed E-state index contributed by atoms with van der Waals surface area (Å²) in [6, 6.07) is 11.8. The Kier molecular flexibility index (Phi) is 4.55. The number of hydrogen-bond acceptors (Lipinski definition) is 9. The summed E-state index contributed by atoms with van der Waals surface area (Å²) in [4.78, 5) is 20.7. The molecular formula is C20H12N4O7. The molecule has 0 aliphatic carbocycles. The van der Waals surface area contributed by atoms with Crippen LogP contribution in [0.3, 0.4) is 0 Å². The van der Waals surface area contributed by atoms with Crippen molar-refractivity contribution in [2.75, 3.05) is 0 Å². The monoisotopic (exact) mass is 420 g/mol. The van der Waals surface area contributed by atoms with Gasteiger partial charge in [0.2, 0.25) is 0 Å². The number of aromatic hydroxyl groups is 3. The second-order valence-electron chi connectivity index (χ2n) is 6.48. The van der Waals surface area contributed by atoms with Crippen molar-refractivity contribution in [2.45, 2.75) is 0 Å². The quantitative estimate of drug-likeness (QED) is 0.173. The Hall–Kier alpha value is -4.80. The van der Waals surface area contributed by atoms with Crippen LogP contribution in [0, 0.1) is 20.2 Å². The minimum absolute atomic E-state index is 0.0173. The second kappa shape index (κ2) is 7.22. The number of non-ortho nitro benzene ring substituents is 1. The van der Waals surface area contributed by atoms with Gasteiger partial charge in [0, 0.05) is 16.8 Å². The number of rotatable bonds is 4. The predicted molar refractivity (Wildman–Crippen MR) is 110 cm³/mol. The van der Waals surface area contributed by atoms with Crippen molar-refractivity contribution in [1.29, 1.82) is 0 Å². The van der Waals surface area contributed by atoms with E-state index in [1.165, 1.54) is 24.3 Å². The fourth-order valence-corrected chi connectivity index (χ4v) is 3.31. The van der Waals surface area contributed by atoms with E-state index in [4.69, 9.17) is 0 Å². The van der Waals surface area contributed by atoms with Crippen LogP contribution in [0.15, 0.2) is 64.8 Å². The third-order valence-corrected chi connectivity index (χ3v) is 4.69. The normalized spacial score (nSPS) is 11.4. The van der Waals surface area contributed by atoms with E-state index >= 15 is 0 Å². The molecule has 0 saturated carbocycles. The molecule has 0 saturated heterocycles. The van der Waals surface area contributed by atoms with Crippen LogP contribution >= 0.6 is 0 Å². The molecule has 11 nitrogen and oxygen atoms in total. The first kappa shape index (κ1) is 19.5. The van der Waals surface area contributed by atoms with Crippen LogP contribution in [0.4, 0.5) is 22.7 Å². The first-order valence-electron chi connectivity index (χ1n) is 8.72. The molecule has 4 rings (SSSR count). The summed E-state index contributed by atoms with van der Waals surface area (Å²) in [6.07, 6.45) is 0. The summed E-state index contributed by atoms with van der Waals surface area (Å²) < 4.78 is 0. The maximum absolute atomic E-state index is 11.3. The smallest absolute Gasteiger partial charge is 0.303 e. The van der Waals surface area contributed by atoms with Gasteiger partial charge in [-0.05, 0) is 18.2 Å². The lowest BCUT2D eigenvalue weighted by atomic mass is 9.98. The molecule has 0 fully saturated rings. The van der Waals surface area contributed by atoms with Gasteiger partial charge in [0.1, 0.15) is 22.9 Å². The summed E-state index contributed by atoms with van der Waals surface area (Å²) in [5.74, 6) is -0.891. The molecular weight excluding hydrogens is 408 g/mol. The van der Waals surface area contributed by atoms with Crippen molar-refractivity contribution >= 4 is 44.3 Å². The Labute approximate surface area is 172 Å². The van der Waals surface area contributed by atoms with Crippen molar-refractivity contribution in [3.63, 3.8) is 0 Å². The van der Waals surface area contributed by atoms with Crippen molar-refractivity contribution in [1.82, 2.24) is 0 Å². The van der Waals surface area contributed by atoms with E-state index < -0.39 is 21.2 Å². The van der Waals surface area contributed by atoms with Gasteiger partial charge in [-0.2, -0.15) is 0 Å². The first-order chi connectivity index (χ1) is 14.8. The number of nitro groups is 2. The molecule has 4 aromatic carbocycles. The molecule has 154 valence electrons. The lowest BCUT2D eigenvalue weighted by molar-refractivity contribution is -0.393. The van der Waals surface area contributed by atoms with Crippen LogP contribution in [0.25, 0.3) is 21.5 Å². The van der Waals surface area contributed by atoms with Crippen LogP contribution in [-0.4, -0.2) is 25.2 Å². The van der Waals surface area contributed by atoms with Gasteiger partial charge in [0.15, 0.2) is 5.69 Å². The van der Waals surface area contributed by atoms with Crippen LogP contribution in [0.2, 0.25) is 0 Å². The third-order valence-electron chi connectivity index (χ3n) is 4.69. The summed E-state index contributed by atoms with van der Waals surface area (Å²) >= 11 is 0. The lowest BCUT2D eigenvalue weighted by Gasteiger charge is -2.12. The van der Waals surface area contributed by atoms with Gasteiger partial charge in [-0.1, -0.05) is 24.3 Å². The van der Waals surface area contributed by atoms with Crippen LogP contribution in [-0.2, 0) is 0 Å². The molecule has 0 radical (unpaired) electrons. The molecule has 0 aromatic heterocycles. The van der Waals surface area contributed by atoms with Gasteiger partial charge < -0.3 is 15.3 Å². The van der Waals surface area contributed by atoms with E-state index in [-0.39, 0.29) is 50.2 Å². The zero-order chi connectivity index (χ0) is 22.3. The summed E-state index contributed by atoms with van der Waals surface area (Å²) in [6.45, 7) is 0. The molecule has 31 heavy (non-hydrogen) atoms. The molecule has 0 heterocycles. The minimum atomic E-state index is -0.813. The van der Waals surface area contributed by atoms with Crippen LogP contribution < -0.4 is 0 Å². The highest BCUT2D eigenvalue weighted by atomic mass is 16.6. The van der Waals surface area contributed by atoms with Gasteiger partial charge in [-0.3, -0.25) is 20.2 Å². The molecule has 0 aliphatic rings. The van der Waals surface area contributed by atoms with Gasteiger partial charge >= 0.3 is 5.69 Å². The zero-order valence-electron chi connectivity index (χ0n) is 15.5. The summed E-state index contributed by atoms with van der Waals surface area (Å²) in [5, 5.41) is 62.0. The number of azo groups is 1. The Morgan fingerprint density at radius 2 is 1.32 bits per heavy atom. The molecule has 0 aliphatic heterocycles. The Balaban J connectivity index is 2.01. The number of nitro benzene ring substituents is 2. The maximum atomic E-state index is 11.3. The highest BCUT2D eigenvalue weighted by molar-refractivity contribution is 6.17. The van der Waals surface area contributed by atoms with Crippen molar-refractivity contribution < 1.29 is 25.2 Å². The SMILES string of the molecule is O=[N+]([O-])c1ccc(N=Nc2c3cccc(O)c3c(O)c3c(O)cccc23)c([N+](=O)[O-])c1. The van der Waals surface area contributed by atoms with E-state index in [1.807, 2.05) is 0 Å². The van der Waals surface area contributed by atoms with Crippen LogP contribution in [0.5, 0.6) is 17.2 Å². The first-order valence-corrected chi connectivity index (χ1v) is 8.72. The molecule has 0 spiro atoms. The lowest BCUT2D eigenvalue weighted by Crippen LogP contribution is -1.92. The second-order valence-corrected chi connectivity index (χ2v) is 6.48. The average molecular weight is 420 g/mol.